The molecular weight excluding hydrogens is 390 g/mol. The number of hydrogen-bond donors (Lipinski definition) is 2. The van der Waals surface area contributed by atoms with E-state index < -0.39 is 0 Å². The highest BCUT2D eigenvalue weighted by atomic mass is 35.5. The summed E-state index contributed by atoms with van der Waals surface area (Å²) in [6.45, 7) is 3.85. The normalized spacial score (nSPS) is 11.8. The molecule has 0 saturated carbocycles. The second-order valence-corrected chi connectivity index (χ2v) is 8.48. The van der Waals surface area contributed by atoms with Gasteiger partial charge in [-0.3, -0.25) is 4.79 Å². The molecule has 0 aliphatic carbocycles. The zero-order chi connectivity index (χ0) is 18.5. The number of rotatable bonds is 6. The molecule has 0 fully saturated rings. The van der Waals surface area contributed by atoms with Crippen molar-refractivity contribution in [3.05, 3.63) is 53.2 Å². The maximum atomic E-state index is 12.3. The molecular formula is C17H16ClN5OS2. The van der Waals surface area contributed by atoms with E-state index in [1.54, 1.807) is 12.1 Å². The first-order chi connectivity index (χ1) is 12.5. The van der Waals surface area contributed by atoms with Gasteiger partial charge in [0.25, 0.3) is 0 Å². The average Bonchev–Trinajstić information content (AvgIpc) is 3.06. The number of nitrogens with one attached hydrogen (secondary N) is 2. The van der Waals surface area contributed by atoms with Gasteiger partial charge in [0.2, 0.25) is 11.0 Å². The summed E-state index contributed by atoms with van der Waals surface area (Å²) in [5.41, 5.74) is 2.14. The van der Waals surface area contributed by atoms with Crippen LogP contribution in [0.3, 0.4) is 0 Å². The summed E-state index contributed by atoms with van der Waals surface area (Å²) in [5, 5.41) is 15.1. The molecule has 1 unspecified atom stereocenters. The molecule has 2 heterocycles. The molecule has 1 aromatic carbocycles. The highest BCUT2D eigenvalue weighted by Gasteiger charge is 2.18. The van der Waals surface area contributed by atoms with Crippen molar-refractivity contribution >= 4 is 57.2 Å². The number of amides is 1. The van der Waals surface area contributed by atoms with Crippen molar-refractivity contribution in [1.29, 1.82) is 0 Å². The molecule has 0 aliphatic rings. The predicted octanol–water partition coefficient (Wildman–Crippen LogP) is 4.76. The van der Waals surface area contributed by atoms with Crippen LogP contribution < -0.4 is 10.6 Å². The van der Waals surface area contributed by atoms with Crippen molar-refractivity contribution < 1.29 is 4.79 Å². The van der Waals surface area contributed by atoms with Crippen LogP contribution in [0.15, 0.2) is 46.9 Å². The third-order valence-corrected chi connectivity index (χ3v) is 5.58. The first kappa shape index (κ1) is 18.6. The lowest BCUT2D eigenvalue weighted by atomic mass is 10.2. The van der Waals surface area contributed by atoms with Crippen molar-refractivity contribution in [3.63, 3.8) is 0 Å². The Morgan fingerprint density at radius 1 is 1.19 bits per heavy atom. The van der Waals surface area contributed by atoms with Gasteiger partial charge < -0.3 is 10.6 Å². The number of benzene rings is 1. The summed E-state index contributed by atoms with van der Waals surface area (Å²) in [6.07, 6.45) is 1.49. The van der Waals surface area contributed by atoms with Crippen LogP contribution in [0.25, 0.3) is 0 Å². The van der Waals surface area contributed by atoms with Gasteiger partial charge in [-0.1, -0.05) is 52.4 Å². The van der Waals surface area contributed by atoms with E-state index in [1.165, 1.54) is 34.9 Å². The van der Waals surface area contributed by atoms with Gasteiger partial charge >= 0.3 is 0 Å². The number of halogens is 1. The van der Waals surface area contributed by atoms with Crippen LogP contribution in [-0.2, 0) is 4.79 Å². The number of aryl methyl sites for hydroxylation is 1. The number of thioether (sulfide) groups is 1. The fourth-order valence-electron chi connectivity index (χ4n) is 1.95. The molecule has 2 N–H and O–H groups in total. The van der Waals surface area contributed by atoms with Gasteiger partial charge in [-0.2, -0.15) is 0 Å². The Bertz CT molecular complexity index is 883. The minimum Gasteiger partial charge on any atom is -0.330 e. The van der Waals surface area contributed by atoms with Gasteiger partial charge in [-0.15, -0.1) is 10.2 Å². The second kappa shape index (κ2) is 8.48. The van der Waals surface area contributed by atoms with E-state index in [1.807, 2.05) is 38.1 Å². The van der Waals surface area contributed by atoms with Gasteiger partial charge in [0.1, 0.15) is 5.82 Å². The minimum absolute atomic E-state index is 0.159. The maximum Gasteiger partial charge on any atom is 0.238 e. The number of hydrogen-bond acceptors (Lipinski definition) is 7. The number of aromatic nitrogens is 3. The number of carbonyl (C=O) groups excluding carboxylic acids is 1. The molecule has 3 aromatic rings. The first-order valence-corrected chi connectivity index (χ1v) is 9.83. The molecule has 0 spiro atoms. The van der Waals surface area contributed by atoms with Crippen LogP contribution in [-0.4, -0.2) is 26.3 Å². The van der Waals surface area contributed by atoms with Gasteiger partial charge in [0.15, 0.2) is 4.34 Å². The molecule has 9 heteroatoms. The van der Waals surface area contributed by atoms with Gasteiger partial charge in [0, 0.05) is 11.9 Å². The van der Waals surface area contributed by atoms with E-state index in [0.29, 0.717) is 20.3 Å². The lowest BCUT2D eigenvalue weighted by Gasteiger charge is -2.09. The Morgan fingerprint density at radius 3 is 2.65 bits per heavy atom. The zero-order valence-corrected chi connectivity index (χ0v) is 16.5. The third kappa shape index (κ3) is 5.17. The number of nitrogens with zero attached hydrogens (tertiary/aromatic N) is 3. The minimum atomic E-state index is -0.340. The molecule has 1 atom stereocenters. The van der Waals surface area contributed by atoms with Crippen LogP contribution in [0.5, 0.6) is 0 Å². The Kier molecular flexibility index (Phi) is 6.08. The smallest absolute Gasteiger partial charge is 0.238 e. The fourth-order valence-corrected chi connectivity index (χ4v) is 3.98. The SMILES string of the molecule is Cc1ccc(Nc2nnc(SC(C)C(=O)Nc3ccc(Cl)cn3)s2)cc1. The van der Waals surface area contributed by atoms with E-state index in [9.17, 15) is 4.79 Å². The standard InChI is InChI=1S/C17H16ClN5OS2/c1-10-3-6-13(7-4-10)20-16-22-23-17(26-16)25-11(2)15(24)21-14-8-5-12(18)9-19-14/h3-9,11H,1-2H3,(H,20,22)(H,19,21,24). The second-order valence-electron chi connectivity index (χ2n) is 5.48. The van der Waals surface area contributed by atoms with Crippen LogP contribution in [0, 0.1) is 6.92 Å². The highest BCUT2D eigenvalue weighted by Crippen LogP contribution is 2.30. The quantitative estimate of drug-likeness (QED) is 0.575. The molecule has 2 aromatic heterocycles. The van der Waals surface area contributed by atoms with Gasteiger partial charge in [-0.25, -0.2) is 4.98 Å². The Hall–Kier alpha value is -2.16. The third-order valence-electron chi connectivity index (χ3n) is 3.33. The van der Waals surface area contributed by atoms with E-state index >= 15 is 0 Å². The average molecular weight is 406 g/mol. The summed E-state index contributed by atoms with van der Waals surface area (Å²) >= 11 is 8.54. The summed E-state index contributed by atoms with van der Waals surface area (Å²) in [5.74, 6) is 0.305. The molecule has 0 radical (unpaired) electrons. The lowest BCUT2D eigenvalue weighted by molar-refractivity contribution is -0.115. The van der Waals surface area contributed by atoms with Crippen LogP contribution >= 0.6 is 34.7 Å². The van der Waals surface area contributed by atoms with Crippen molar-refractivity contribution in [2.75, 3.05) is 10.6 Å². The number of anilines is 3. The van der Waals surface area contributed by atoms with E-state index in [2.05, 4.69) is 25.8 Å². The van der Waals surface area contributed by atoms with Crippen molar-refractivity contribution in [1.82, 2.24) is 15.2 Å². The van der Waals surface area contributed by atoms with Crippen molar-refractivity contribution in [3.8, 4) is 0 Å². The van der Waals surface area contributed by atoms with Crippen molar-refractivity contribution in [2.45, 2.75) is 23.4 Å². The van der Waals surface area contributed by atoms with E-state index in [0.717, 1.165) is 5.69 Å². The monoisotopic (exact) mass is 405 g/mol. The Balaban J connectivity index is 1.56. The topological polar surface area (TPSA) is 79.8 Å². The first-order valence-electron chi connectivity index (χ1n) is 7.76. The molecule has 0 bridgehead atoms. The van der Waals surface area contributed by atoms with Crippen LogP contribution in [0.4, 0.5) is 16.6 Å². The predicted molar refractivity (Wildman–Crippen MR) is 108 cm³/mol. The van der Waals surface area contributed by atoms with E-state index in [-0.39, 0.29) is 11.2 Å². The zero-order valence-electron chi connectivity index (χ0n) is 14.1. The van der Waals surface area contributed by atoms with Gasteiger partial charge in [-0.05, 0) is 38.1 Å². The lowest BCUT2D eigenvalue weighted by Crippen LogP contribution is -2.22. The molecule has 0 saturated heterocycles. The summed E-state index contributed by atoms with van der Waals surface area (Å²) in [7, 11) is 0. The number of pyridine rings is 1. The van der Waals surface area contributed by atoms with Crippen LogP contribution in [0.2, 0.25) is 5.02 Å². The molecule has 26 heavy (non-hydrogen) atoms. The Morgan fingerprint density at radius 2 is 1.96 bits per heavy atom. The summed E-state index contributed by atoms with van der Waals surface area (Å²) < 4.78 is 0.714. The highest BCUT2D eigenvalue weighted by molar-refractivity contribution is 8.02. The number of carbonyl (C=O) groups is 1. The van der Waals surface area contributed by atoms with E-state index in [4.69, 9.17) is 11.6 Å². The van der Waals surface area contributed by atoms with Crippen LogP contribution in [0.1, 0.15) is 12.5 Å². The molecule has 3 rings (SSSR count). The molecule has 134 valence electrons. The fraction of sp³-hybridized carbons (Fsp3) is 0.176. The van der Waals surface area contributed by atoms with Crippen molar-refractivity contribution in [2.24, 2.45) is 0 Å². The molecule has 1 amide bonds. The Labute approximate surface area is 164 Å². The van der Waals surface area contributed by atoms with Gasteiger partial charge in [0.05, 0.1) is 10.3 Å². The largest absolute Gasteiger partial charge is 0.330 e. The molecule has 0 aliphatic heterocycles. The molecule has 6 nitrogen and oxygen atoms in total. The summed E-state index contributed by atoms with van der Waals surface area (Å²) in [4.78, 5) is 16.3. The summed E-state index contributed by atoms with van der Waals surface area (Å²) in [6, 6.07) is 11.4. The maximum absolute atomic E-state index is 12.3.